The van der Waals surface area contributed by atoms with E-state index in [0.29, 0.717) is 5.69 Å². The number of hydrogen-bond donors (Lipinski definition) is 3. The number of carbonyl (C=O) groups excluding carboxylic acids is 3. The minimum Gasteiger partial charge on any atom is -0.482 e. The van der Waals surface area contributed by atoms with Crippen LogP contribution in [-0.4, -0.2) is 45.9 Å². The van der Waals surface area contributed by atoms with Gasteiger partial charge in [-0.05, 0) is 38.1 Å². The topological polar surface area (TPSA) is 118 Å². The standard InChI is InChI=1S/C20H21N3O5/c1-20(2)10-14(25)9-17(28-20)19(27)23-16(11-24)18(26)22-13-5-6-15-12(8-13)4-3-7-21-15/h3-9,16,24H,10-11H2,1-2H3,(H,22,26)(H,23,27)/t16-/m0/s1. The number of nitrogens with one attached hydrogen (secondary N) is 2. The van der Waals surface area contributed by atoms with Gasteiger partial charge in [0.15, 0.2) is 11.5 Å². The van der Waals surface area contributed by atoms with Crippen LogP contribution in [0.4, 0.5) is 5.69 Å². The van der Waals surface area contributed by atoms with Gasteiger partial charge >= 0.3 is 0 Å². The maximum absolute atomic E-state index is 12.5. The van der Waals surface area contributed by atoms with Crippen molar-refractivity contribution in [3.63, 3.8) is 0 Å². The van der Waals surface area contributed by atoms with Crippen molar-refractivity contribution in [1.82, 2.24) is 10.3 Å². The highest BCUT2D eigenvalue weighted by molar-refractivity contribution is 6.04. The molecule has 1 aromatic carbocycles. The van der Waals surface area contributed by atoms with E-state index >= 15 is 0 Å². The second kappa shape index (κ2) is 7.77. The first-order valence-corrected chi connectivity index (χ1v) is 8.78. The second-order valence-corrected chi connectivity index (χ2v) is 7.12. The molecule has 1 aliphatic rings. The van der Waals surface area contributed by atoms with E-state index in [0.717, 1.165) is 17.0 Å². The molecular formula is C20H21N3O5. The van der Waals surface area contributed by atoms with E-state index in [1.165, 1.54) is 0 Å². The smallest absolute Gasteiger partial charge is 0.287 e. The van der Waals surface area contributed by atoms with E-state index < -0.39 is 30.1 Å². The van der Waals surface area contributed by atoms with Crippen LogP contribution in [0.3, 0.4) is 0 Å². The molecule has 28 heavy (non-hydrogen) atoms. The quantitative estimate of drug-likeness (QED) is 0.716. The van der Waals surface area contributed by atoms with Crippen LogP contribution >= 0.6 is 0 Å². The molecule has 2 amide bonds. The fourth-order valence-electron chi connectivity index (χ4n) is 2.90. The Bertz CT molecular complexity index is 967. The normalized spacial score (nSPS) is 16.7. The largest absolute Gasteiger partial charge is 0.482 e. The molecule has 0 aliphatic carbocycles. The number of amides is 2. The molecule has 1 aliphatic heterocycles. The van der Waals surface area contributed by atoms with Crippen molar-refractivity contribution in [3.8, 4) is 0 Å². The van der Waals surface area contributed by atoms with Gasteiger partial charge in [0.05, 0.1) is 12.1 Å². The number of hydrogen-bond acceptors (Lipinski definition) is 6. The molecule has 0 bridgehead atoms. The molecule has 0 unspecified atom stereocenters. The summed E-state index contributed by atoms with van der Waals surface area (Å²) in [6.07, 6.45) is 2.93. The molecule has 2 aromatic rings. The molecule has 3 N–H and O–H groups in total. The predicted molar refractivity (Wildman–Crippen MR) is 102 cm³/mol. The zero-order valence-corrected chi connectivity index (χ0v) is 15.6. The summed E-state index contributed by atoms with van der Waals surface area (Å²) >= 11 is 0. The van der Waals surface area contributed by atoms with Gasteiger partial charge in [0, 0.05) is 29.8 Å². The number of benzene rings is 1. The Morgan fingerprint density at radius 3 is 2.82 bits per heavy atom. The number of aliphatic hydroxyl groups excluding tert-OH is 1. The highest BCUT2D eigenvalue weighted by Gasteiger charge is 2.33. The predicted octanol–water partition coefficient (Wildman–Crippen LogP) is 1.30. The van der Waals surface area contributed by atoms with Gasteiger partial charge in [-0.2, -0.15) is 0 Å². The van der Waals surface area contributed by atoms with Gasteiger partial charge in [-0.15, -0.1) is 0 Å². The fraction of sp³-hybridized carbons (Fsp3) is 0.300. The third-order valence-corrected chi connectivity index (χ3v) is 4.18. The molecule has 2 heterocycles. The lowest BCUT2D eigenvalue weighted by atomic mass is 9.98. The third kappa shape index (κ3) is 4.52. The van der Waals surface area contributed by atoms with Crippen molar-refractivity contribution >= 4 is 34.2 Å². The van der Waals surface area contributed by atoms with Gasteiger partial charge in [-0.3, -0.25) is 19.4 Å². The van der Waals surface area contributed by atoms with E-state index in [4.69, 9.17) is 4.74 Å². The summed E-state index contributed by atoms with van der Waals surface area (Å²) in [6, 6.07) is 7.61. The highest BCUT2D eigenvalue weighted by atomic mass is 16.5. The van der Waals surface area contributed by atoms with Gasteiger partial charge in [-0.25, -0.2) is 0 Å². The van der Waals surface area contributed by atoms with E-state index in [2.05, 4.69) is 15.6 Å². The minimum absolute atomic E-state index is 0.157. The van der Waals surface area contributed by atoms with Crippen molar-refractivity contribution in [2.75, 3.05) is 11.9 Å². The maximum Gasteiger partial charge on any atom is 0.287 e. The summed E-state index contributed by atoms with van der Waals surface area (Å²) in [5.41, 5.74) is 0.470. The van der Waals surface area contributed by atoms with Gasteiger partial charge in [0.2, 0.25) is 5.91 Å². The second-order valence-electron chi connectivity index (χ2n) is 7.12. The van der Waals surface area contributed by atoms with E-state index in [1.807, 2.05) is 6.07 Å². The average molecular weight is 383 g/mol. The number of nitrogens with zero attached hydrogens (tertiary/aromatic N) is 1. The summed E-state index contributed by atoms with van der Waals surface area (Å²) < 4.78 is 5.51. The number of allylic oxidation sites excluding steroid dienone is 1. The van der Waals surface area contributed by atoms with Crippen LogP contribution in [-0.2, 0) is 19.1 Å². The van der Waals surface area contributed by atoms with Gasteiger partial charge in [-0.1, -0.05) is 6.07 Å². The van der Waals surface area contributed by atoms with E-state index in [-0.39, 0.29) is 18.0 Å². The first-order valence-electron chi connectivity index (χ1n) is 8.78. The molecule has 0 saturated carbocycles. The van der Waals surface area contributed by atoms with Crippen molar-refractivity contribution in [2.24, 2.45) is 0 Å². The summed E-state index contributed by atoms with van der Waals surface area (Å²) in [6.45, 7) is 2.77. The summed E-state index contributed by atoms with van der Waals surface area (Å²) in [5.74, 6) is -1.75. The number of ketones is 1. The van der Waals surface area contributed by atoms with Crippen LogP contribution < -0.4 is 10.6 Å². The molecule has 0 fully saturated rings. The van der Waals surface area contributed by atoms with Crippen molar-refractivity contribution in [3.05, 3.63) is 48.4 Å². The van der Waals surface area contributed by atoms with E-state index in [1.54, 1.807) is 44.3 Å². The summed E-state index contributed by atoms with van der Waals surface area (Å²) in [4.78, 5) is 40.8. The number of aromatic nitrogens is 1. The van der Waals surface area contributed by atoms with E-state index in [9.17, 15) is 19.5 Å². The Balaban J connectivity index is 1.69. The molecule has 0 radical (unpaired) electrons. The molecule has 1 atom stereocenters. The Hall–Kier alpha value is -3.26. The molecule has 0 saturated heterocycles. The zero-order chi connectivity index (χ0) is 20.3. The molecular weight excluding hydrogens is 362 g/mol. The lowest BCUT2D eigenvalue weighted by Crippen LogP contribution is -2.48. The zero-order valence-electron chi connectivity index (χ0n) is 15.6. The van der Waals surface area contributed by atoms with Gasteiger partial charge in [0.1, 0.15) is 11.6 Å². The molecule has 0 spiro atoms. The Labute approximate surface area is 161 Å². The third-order valence-electron chi connectivity index (χ3n) is 4.18. The minimum atomic E-state index is -1.21. The van der Waals surface area contributed by atoms with Crippen LogP contribution in [0, 0.1) is 0 Å². The van der Waals surface area contributed by atoms with Crippen LogP contribution in [0.2, 0.25) is 0 Å². The first kappa shape index (κ1) is 19.5. The molecule has 3 rings (SSSR count). The molecule has 8 nitrogen and oxygen atoms in total. The Morgan fingerprint density at radius 2 is 2.11 bits per heavy atom. The van der Waals surface area contributed by atoms with Gasteiger partial charge in [0.25, 0.3) is 5.91 Å². The van der Waals surface area contributed by atoms with Gasteiger partial charge < -0.3 is 20.5 Å². The fourth-order valence-corrected chi connectivity index (χ4v) is 2.90. The van der Waals surface area contributed by atoms with Crippen LogP contribution in [0.5, 0.6) is 0 Å². The molecule has 1 aromatic heterocycles. The van der Waals surface area contributed by atoms with Crippen molar-refractivity contribution < 1.29 is 24.2 Å². The molecule has 8 heteroatoms. The van der Waals surface area contributed by atoms with Crippen molar-refractivity contribution in [1.29, 1.82) is 0 Å². The SMILES string of the molecule is CC1(C)CC(=O)C=C(C(=O)N[C@@H](CO)C(=O)Nc2ccc3ncccc3c2)O1. The Kier molecular flexibility index (Phi) is 5.41. The first-order chi connectivity index (χ1) is 13.3. The lowest BCUT2D eigenvalue weighted by Gasteiger charge is -2.30. The number of aliphatic hydroxyl groups is 1. The summed E-state index contributed by atoms with van der Waals surface area (Å²) in [5, 5.41) is 15.4. The number of carbonyl (C=O) groups is 3. The average Bonchev–Trinajstić information content (AvgIpc) is 2.64. The number of anilines is 1. The van der Waals surface area contributed by atoms with Crippen LogP contribution in [0.1, 0.15) is 20.3 Å². The number of pyridine rings is 1. The molecule has 146 valence electrons. The lowest BCUT2D eigenvalue weighted by molar-refractivity contribution is -0.133. The number of fused-ring (bicyclic) bond motifs is 1. The van der Waals surface area contributed by atoms with Crippen molar-refractivity contribution in [2.45, 2.75) is 31.9 Å². The highest BCUT2D eigenvalue weighted by Crippen LogP contribution is 2.24. The number of rotatable bonds is 5. The number of ether oxygens (including phenoxy) is 1. The van der Waals surface area contributed by atoms with Crippen LogP contribution in [0.25, 0.3) is 10.9 Å². The maximum atomic E-state index is 12.5. The van der Waals surface area contributed by atoms with Crippen LogP contribution in [0.15, 0.2) is 48.4 Å². The summed E-state index contributed by atoms with van der Waals surface area (Å²) in [7, 11) is 0. The monoisotopic (exact) mass is 383 g/mol. The Morgan fingerprint density at radius 1 is 1.32 bits per heavy atom.